The molecule has 0 fully saturated rings. The molecule has 1 aromatic heterocycles. The van der Waals surface area contributed by atoms with E-state index in [0.29, 0.717) is 12.1 Å². The van der Waals surface area contributed by atoms with Gasteiger partial charge in [-0.3, -0.25) is 4.79 Å². The smallest absolute Gasteiger partial charge is 0.438 e. The second kappa shape index (κ2) is 7.73. The number of methoxy groups -OCH3 is 1. The third-order valence-corrected chi connectivity index (χ3v) is 3.57. The number of aryl methyl sites for hydroxylation is 3. The van der Waals surface area contributed by atoms with Crippen LogP contribution in [-0.4, -0.2) is 39.0 Å². The van der Waals surface area contributed by atoms with E-state index in [1.54, 1.807) is 13.0 Å². The molecule has 0 aliphatic carbocycles. The number of benzene rings is 1. The maximum Gasteiger partial charge on any atom is 0.509 e. The molecule has 1 aromatic carbocycles. The number of amides is 1. The summed E-state index contributed by atoms with van der Waals surface area (Å²) >= 11 is 0. The molecular weight excluding hydrogens is 326 g/mol. The molecule has 0 spiro atoms. The molecule has 2 aromatic rings. The Balaban J connectivity index is 2.46. The lowest BCUT2D eigenvalue weighted by molar-refractivity contribution is 0.00725. The number of carbonyl (C=O) groups excluding carboxylic acids is 2. The first-order valence-electron chi connectivity index (χ1n) is 7.80. The van der Waals surface area contributed by atoms with Gasteiger partial charge in [-0.1, -0.05) is 17.7 Å². The Kier molecular flexibility index (Phi) is 5.68. The van der Waals surface area contributed by atoms with Crippen molar-refractivity contribution in [2.45, 2.75) is 40.5 Å². The van der Waals surface area contributed by atoms with Gasteiger partial charge in [-0.05, 0) is 49.8 Å². The Labute approximate surface area is 144 Å². The van der Waals surface area contributed by atoms with Crippen LogP contribution in [0.2, 0.25) is 0 Å². The quantitative estimate of drug-likeness (QED) is 0.781. The van der Waals surface area contributed by atoms with E-state index in [-0.39, 0.29) is 5.62 Å². The predicted octanol–water partition coefficient (Wildman–Crippen LogP) is 1.76. The van der Waals surface area contributed by atoms with Crippen LogP contribution >= 0.6 is 0 Å². The molecule has 0 aliphatic rings. The van der Waals surface area contributed by atoms with Gasteiger partial charge in [-0.25, -0.2) is 9.48 Å². The Morgan fingerprint density at radius 3 is 2.60 bits per heavy atom. The van der Waals surface area contributed by atoms with Gasteiger partial charge in [-0.15, -0.1) is 0 Å². The standard InChI is InChI=1S/C16H21N5O4/c1-6-20-15(21(19-18-20)12(4)25-16(23)24-5)17-14(22)13-8-7-10(2)9-11(13)3/h7-9,12H,6H2,1-5H3. The molecule has 0 saturated heterocycles. The summed E-state index contributed by atoms with van der Waals surface area (Å²) in [7, 11) is 1.21. The van der Waals surface area contributed by atoms with Gasteiger partial charge in [0.05, 0.1) is 7.11 Å². The van der Waals surface area contributed by atoms with E-state index >= 15 is 0 Å². The highest BCUT2D eigenvalue weighted by atomic mass is 16.7. The molecule has 0 aliphatic heterocycles. The molecular formula is C16H21N5O4. The van der Waals surface area contributed by atoms with Crippen molar-refractivity contribution in [3.63, 3.8) is 0 Å². The largest absolute Gasteiger partial charge is 0.509 e. The molecule has 1 unspecified atom stereocenters. The number of carbonyl (C=O) groups is 2. The lowest BCUT2D eigenvalue weighted by atomic mass is 10.1. The van der Waals surface area contributed by atoms with Crippen molar-refractivity contribution in [2.24, 2.45) is 4.99 Å². The van der Waals surface area contributed by atoms with E-state index in [1.807, 2.05) is 32.9 Å². The van der Waals surface area contributed by atoms with Crippen LogP contribution < -0.4 is 5.62 Å². The number of ether oxygens (including phenoxy) is 2. The number of hydrogen-bond acceptors (Lipinski definition) is 6. The summed E-state index contributed by atoms with van der Waals surface area (Å²) in [6, 6.07) is 5.49. The highest BCUT2D eigenvalue weighted by molar-refractivity contribution is 5.96. The lowest BCUT2D eigenvalue weighted by Gasteiger charge is -2.11. The molecule has 25 heavy (non-hydrogen) atoms. The number of hydrogen-bond donors (Lipinski definition) is 0. The molecule has 1 amide bonds. The third kappa shape index (κ3) is 4.11. The second-order valence-electron chi connectivity index (χ2n) is 5.45. The SMILES string of the molecule is CCn1nnn(C(C)OC(=O)OC)c1=NC(=O)c1ccc(C)cc1C. The average Bonchev–Trinajstić information content (AvgIpc) is 2.97. The fourth-order valence-electron chi connectivity index (χ4n) is 2.28. The van der Waals surface area contributed by atoms with Crippen molar-refractivity contribution in [3.8, 4) is 0 Å². The Bertz CT molecular complexity index is 852. The summed E-state index contributed by atoms with van der Waals surface area (Å²) in [5.41, 5.74) is 2.56. The van der Waals surface area contributed by atoms with Gasteiger partial charge in [0, 0.05) is 12.1 Å². The molecule has 0 N–H and O–H groups in total. The van der Waals surface area contributed by atoms with E-state index in [4.69, 9.17) is 4.74 Å². The minimum absolute atomic E-state index is 0.184. The average molecular weight is 347 g/mol. The molecule has 2 rings (SSSR count). The minimum atomic E-state index is -0.863. The fraction of sp³-hybridized carbons (Fsp3) is 0.438. The normalized spacial score (nSPS) is 12.8. The van der Waals surface area contributed by atoms with Crippen LogP contribution in [0.25, 0.3) is 0 Å². The summed E-state index contributed by atoms with van der Waals surface area (Å²) in [5.74, 6) is -0.423. The van der Waals surface area contributed by atoms with Gasteiger partial charge in [-0.2, -0.15) is 9.67 Å². The van der Waals surface area contributed by atoms with E-state index in [2.05, 4.69) is 20.2 Å². The van der Waals surface area contributed by atoms with Gasteiger partial charge >= 0.3 is 6.16 Å². The van der Waals surface area contributed by atoms with Crippen LogP contribution in [0.4, 0.5) is 4.79 Å². The molecule has 134 valence electrons. The molecule has 0 saturated carbocycles. The van der Waals surface area contributed by atoms with Crippen molar-refractivity contribution in [2.75, 3.05) is 7.11 Å². The summed E-state index contributed by atoms with van der Waals surface area (Å²) in [6.07, 6.45) is -1.70. The number of nitrogens with zero attached hydrogens (tertiary/aromatic N) is 5. The van der Waals surface area contributed by atoms with Crippen LogP contribution in [0.5, 0.6) is 0 Å². The highest BCUT2D eigenvalue weighted by Crippen LogP contribution is 2.11. The molecule has 1 heterocycles. The van der Waals surface area contributed by atoms with Crippen molar-refractivity contribution < 1.29 is 19.1 Å². The third-order valence-electron chi connectivity index (χ3n) is 3.57. The van der Waals surface area contributed by atoms with Gasteiger partial charge < -0.3 is 9.47 Å². The van der Waals surface area contributed by atoms with Crippen LogP contribution in [0.1, 0.15) is 41.6 Å². The molecule has 9 heteroatoms. The second-order valence-corrected chi connectivity index (χ2v) is 5.45. The van der Waals surface area contributed by atoms with Gasteiger partial charge in [0.1, 0.15) is 0 Å². The summed E-state index contributed by atoms with van der Waals surface area (Å²) in [5, 5.41) is 7.83. The monoisotopic (exact) mass is 347 g/mol. The number of tetrazole rings is 1. The van der Waals surface area contributed by atoms with E-state index < -0.39 is 18.3 Å². The van der Waals surface area contributed by atoms with E-state index in [9.17, 15) is 9.59 Å². The Morgan fingerprint density at radius 2 is 2.00 bits per heavy atom. The van der Waals surface area contributed by atoms with Gasteiger partial charge in [0.2, 0.25) is 6.23 Å². The Hall–Kier alpha value is -2.97. The highest BCUT2D eigenvalue weighted by Gasteiger charge is 2.17. The van der Waals surface area contributed by atoms with Crippen molar-refractivity contribution in [1.82, 2.24) is 19.8 Å². The molecule has 0 bridgehead atoms. The first-order chi connectivity index (χ1) is 11.9. The van der Waals surface area contributed by atoms with E-state index in [0.717, 1.165) is 11.1 Å². The van der Waals surface area contributed by atoms with Crippen LogP contribution in [-0.2, 0) is 16.0 Å². The topological polar surface area (TPSA) is 101 Å². The van der Waals surface area contributed by atoms with E-state index in [1.165, 1.54) is 16.5 Å². The Morgan fingerprint density at radius 1 is 1.28 bits per heavy atom. The maximum absolute atomic E-state index is 12.6. The molecule has 9 nitrogen and oxygen atoms in total. The zero-order chi connectivity index (χ0) is 18.6. The van der Waals surface area contributed by atoms with Gasteiger partial charge in [0.25, 0.3) is 11.5 Å². The first kappa shape index (κ1) is 18.4. The lowest BCUT2D eigenvalue weighted by Crippen LogP contribution is -2.32. The number of aromatic nitrogens is 4. The van der Waals surface area contributed by atoms with Crippen molar-refractivity contribution >= 4 is 12.1 Å². The maximum atomic E-state index is 12.6. The number of rotatable bonds is 4. The predicted molar refractivity (Wildman–Crippen MR) is 87.7 cm³/mol. The molecule has 1 atom stereocenters. The van der Waals surface area contributed by atoms with Crippen LogP contribution in [0, 0.1) is 13.8 Å². The zero-order valence-corrected chi connectivity index (χ0v) is 14.9. The summed E-state index contributed by atoms with van der Waals surface area (Å²) in [4.78, 5) is 28.0. The summed E-state index contributed by atoms with van der Waals surface area (Å²) < 4.78 is 12.2. The summed E-state index contributed by atoms with van der Waals surface area (Å²) in [6.45, 7) is 7.66. The van der Waals surface area contributed by atoms with Crippen LogP contribution in [0.15, 0.2) is 23.2 Å². The fourth-order valence-corrected chi connectivity index (χ4v) is 2.28. The molecule has 0 radical (unpaired) electrons. The van der Waals surface area contributed by atoms with Gasteiger partial charge in [0.15, 0.2) is 0 Å². The first-order valence-corrected chi connectivity index (χ1v) is 7.80. The minimum Gasteiger partial charge on any atom is -0.438 e. The van der Waals surface area contributed by atoms with Crippen molar-refractivity contribution in [3.05, 3.63) is 40.5 Å². The zero-order valence-electron chi connectivity index (χ0n) is 14.9. The van der Waals surface area contributed by atoms with Crippen LogP contribution in [0.3, 0.4) is 0 Å². The van der Waals surface area contributed by atoms with Crippen molar-refractivity contribution in [1.29, 1.82) is 0 Å².